The average molecular weight is 389 g/mol. The van der Waals surface area contributed by atoms with Crippen molar-refractivity contribution >= 4 is 23.7 Å². The number of aromatic nitrogens is 2. The van der Waals surface area contributed by atoms with Crippen molar-refractivity contribution in [2.24, 2.45) is 4.99 Å². The van der Waals surface area contributed by atoms with Crippen LogP contribution in [0.25, 0.3) is 0 Å². The van der Waals surface area contributed by atoms with Gasteiger partial charge >= 0.3 is 12.0 Å². The summed E-state index contributed by atoms with van der Waals surface area (Å²) < 4.78 is 9.11. The number of carbonyl (C=O) groups is 2. The van der Waals surface area contributed by atoms with Crippen molar-refractivity contribution in [3.05, 3.63) is 11.9 Å². The number of fused-ring (bicyclic) bond motifs is 3. The minimum Gasteiger partial charge on any atom is -0.381 e. The van der Waals surface area contributed by atoms with Crippen LogP contribution in [-0.4, -0.2) is 84.0 Å². The molecule has 0 N–H and O–H groups in total. The van der Waals surface area contributed by atoms with Crippen LogP contribution in [0.2, 0.25) is 0 Å². The molecule has 4 heterocycles. The monoisotopic (exact) mass is 389 g/mol. The van der Waals surface area contributed by atoms with Crippen LogP contribution in [0.4, 0.5) is 10.7 Å². The van der Waals surface area contributed by atoms with Gasteiger partial charge < -0.3 is 9.64 Å². The molecule has 4 rings (SSSR count). The SMILES string of the molecule is COCCn1c(C)c[n+]2c1N=C1C2C(=O)N(CCN2CCCCC2)C(=O)N1C. The van der Waals surface area contributed by atoms with Gasteiger partial charge in [0, 0.05) is 27.2 Å². The van der Waals surface area contributed by atoms with Crippen molar-refractivity contribution in [1.29, 1.82) is 0 Å². The Kier molecular flexibility index (Phi) is 5.20. The molecule has 2 saturated heterocycles. The Morgan fingerprint density at radius 1 is 1.18 bits per heavy atom. The maximum absolute atomic E-state index is 13.3. The second kappa shape index (κ2) is 7.63. The fraction of sp³-hybridized carbons (Fsp3) is 0.684. The van der Waals surface area contributed by atoms with E-state index in [2.05, 4.69) is 9.89 Å². The van der Waals surface area contributed by atoms with Crippen LogP contribution < -0.4 is 4.57 Å². The summed E-state index contributed by atoms with van der Waals surface area (Å²) in [5.41, 5.74) is 1.02. The zero-order valence-corrected chi connectivity index (χ0v) is 16.9. The maximum Gasteiger partial charge on any atom is 0.402 e. The Balaban J connectivity index is 1.57. The van der Waals surface area contributed by atoms with Crippen LogP contribution in [0.5, 0.6) is 0 Å². The van der Waals surface area contributed by atoms with E-state index in [9.17, 15) is 9.59 Å². The Bertz CT molecular complexity index is 811. The van der Waals surface area contributed by atoms with Gasteiger partial charge in [0.1, 0.15) is 11.9 Å². The van der Waals surface area contributed by atoms with E-state index in [4.69, 9.17) is 4.74 Å². The topological polar surface area (TPSA) is 74.3 Å². The quantitative estimate of drug-likeness (QED) is 0.671. The van der Waals surface area contributed by atoms with E-state index >= 15 is 0 Å². The summed E-state index contributed by atoms with van der Waals surface area (Å²) in [7, 11) is 3.36. The molecule has 3 amide bonds. The first-order chi connectivity index (χ1) is 13.5. The zero-order valence-electron chi connectivity index (χ0n) is 16.9. The first-order valence-corrected chi connectivity index (χ1v) is 10.0. The number of amides is 3. The molecule has 152 valence electrons. The van der Waals surface area contributed by atoms with E-state index < -0.39 is 6.04 Å². The normalized spacial score (nSPS) is 22.5. The standard InChI is InChI=1S/C19H29N6O3/c1-14-13-25-15-16(20-18(25)23(14)11-12-28-3)21(2)19(27)24(17(15)26)10-9-22-7-5-4-6-8-22/h13,15H,4-12H2,1-3H3/q+1. The van der Waals surface area contributed by atoms with Crippen LogP contribution >= 0.6 is 0 Å². The highest BCUT2D eigenvalue weighted by molar-refractivity contribution is 6.19. The van der Waals surface area contributed by atoms with Crippen LogP contribution in [0.15, 0.2) is 11.2 Å². The van der Waals surface area contributed by atoms with E-state index in [1.54, 1.807) is 14.2 Å². The number of hydrogen-bond acceptors (Lipinski definition) is 5. The number of ether oxygens (including phenoxy) is 1. The number of methoxy groups -OCH3 is 1. The molecular formula is C19H29N6O3+. The number of imidazole rings is 1. The molecular weight excluding hydrogens is 360 g/mol. The third-order valence-corrected chi connectivity index (χ3v) is 5.93. The minimum atomic E-state index is -0.568. The van der Waals surface area contributed by atoms with Gasteiger partial charge in [0.05, 0.1) is 13.2 Å². The van der Waals surface area contributed by atoms with E-state index in [-0.39, 0.29) is 11.9 Å². The fourth-order valence-electron chi connectivity index (χ4n) is 4.32. The van der Waals surface area contributed by atoms with Gasteiger partial charge in [0.15, 0.2) is 0 Å². The van der Waals surface area contributed by atoms with Gasteiger partial charge in [-0.3, -0.25) is 14.6 Å². The molecule has 3 aliphatic heterocycles. The van der Waals surface area contributed by atoms with E-state index in [0.29, 0.717) is 31.5 Å². The van der Waals surface area contributed by atoms with Gasteiger partial charge in [-0.05, 0) is 32.9 Å². The number of aliphatic imine (C=N–C) groups is 1. The highest BCUT2D eigenvalue weighted by Crippen LogP contribution is 2.29. The number of likely N-dealkylation sites (tertiary alicyclic amines) is 1. The number of nitrogens with zero attached hydrogens (tertiary/aromatic N) is 6. The largest absolute Gasteiger partial charge is 0.402 e. The number of piperidine rings is 1. The number of imide groups is 1. The number of likely N-dealkylation sites (N-methyl/N-ethyl adjacent to an activating group) is 1. The molecule has 1 aromatic heterocycles. The molecule has 1 aromatic rings. The highest BCUT2D eigenvalue weighted by atomic mass is 16.5. The third kappa shape index (κ3) is 3.12. The Labute approximate surface area is 165 Å². The summed E-state index contributed by atoms with van der Waals surface area (Å²) in [5.74, 6) is 1.01. The van der Waals surface area contributed by atoms with Crippen molar-refractivity contribution < 1.29 is 18.9 Å². The smallest absolute Gasteiger partial charge is 0.381 e. The van der Waals surface area contributed by atoms with Crippen molar-refractivity contribution in [2.45, 2.75) is 38.8 Å². The lowest BCUT2D eigenvalue weighted by Crippen LogP contribution is -2.63. The lowest BCUT2D eigenvalue weighted by Gasteiger charge is -2.35. The summed E-state index contributed by atoms with van der Waals surface area (Å²) in [5, 5.41) is 0. The Hall–Kier alpha value is -2.26. The van der Waals surface area contributed by atoms with E-state index in [1.807, 2.05) is 22.3 Å². The summed E-state index contributed by atoms with van der Waals surface area (Å²) in [6, 6.07) is -0.857. The lowest BCUT2D eigenvalue weighted by molar-refractivity contribution is -0.677. The van der Waals surface area contributed by atoms with Crippen LogP contribution in [0.1, 0.15) is 31.0 Å². The molecule has 1 unspecified atom stereocenters. The second-order valence-corrected chi connectivity index (χ2v) is 7.73. The van der Waals surface area contributed by atoms with Gasteiger partial charge in [-0.25, -0.2) is 13.9 Å². The molecule has 9 heteroatoms. The summed E-state index contributed by atoms with van der Waals surface area (Å²) in [4.78, 5) is 36.0. The van der Waals surface area contributed by atoms with Gasteiger partial charge in [-0.1, -0.05) is 11.4 Å². The van der Waals surface area contributed by atoms with Crippen LogP contribution in [0.3, 0.4) is 0 Å². The third-order valence-electron chi connectivity index (χ3n) is 5.93. The first kappa shape index (κ1) is 19.1. The lowest BCUT2D eigenvalue weighted by atomic mass is 10.1. The van der Waals surface area contributed by atoms with E-state index in [0.717, 1.165) is 25.3 Å². The molecule has 0 aliphatic carbocycles. The number of amidine groups is 1. The molecule has 1 atom stereocenters. The number of urea groups is 1. The number of carbonyl (C=O) groups excluding carboxylic acids is 2. The Morgan fingerprint density at radius 3 is 2.64 bits per heavy atom. The predicted octanol–water partition coefficient (Wildman–Crippen LogP) is 0.695. The van der Waals surface area contributed by atoms with Gasteiger partial charge in [0.2, 0.25) is 11.9 Å². The zero-order chi connectivity index (χ0) is 19.8. The predicted molar refractivity (Wildman–Crippen MR) is 103 cm³/mol. The molecule has 0 aromatic carbocycles. The molecule has 3 aliphatic rings. The second-order valence-electron chi connectivity index (χ2n) is 7.73. The molecule has 28 heavy (non-hydrogen) atoms. The maximum atomic E-state index is 13.3. The molecule has 0 bridgehead atoms. The van der Waals surface area contributed by atoms with Gasteiger partial charge in [0.25, 0.3) is 5.91 Å². The first-order valence-electron chi connectivity index (χ1n) is 10.0. The summed E-state index contributed by atoms with van der Waals surface area (Å²) in [6.07, 6.45) is 5.58. The van der Waals surface area contributed by atoms with Crippen molar-refractivity contribution in [3.8, 4) is 0 Å². The molecule has 0 spiro atoms. The fourth-order valence-corrected chi connectivity index (χ4v) is 4.32. The summed E-state index contributed by atoms with van der Waals surface area (Å²) >= 11 is 0. The van der Waals surface area contributed by atoms with Crippen molar-refractivity contribution in [2.75, 3.05) is 46.9 Å². The molecule has 9 nitrogen and oxygen atoms in total. The van der Waals surface area contributed by atoms with Crippen LogP contribution in [-0.2, 0) is 16.1 Å². The van der Waals surface area contributed by atoms with Crippen molar-refractivity contribution in [3.63, 3.8) is 0 Å². The average Bonchev–Trinajstić information content (AvgIpc) is 3.20. The highest BCUT2D eigenvalue weighted by Gasteiger charge is 2.53. The van der Waals surface area contributed by atoms with Crippen LogP contribution in [0, 0.1) is 6.92 Å². The van der Waals surface area contributed by atoms with Gasteiger partial charge in [-0.15, -0.1) is 0 Å². The Morgan fingerprint density at radius 2 is 1.93 bits per heavy atom. The molecule has 0 radical (unpaired) electrons. The number of hydrogen-bond donors (Lipinski definition) is 0. The minimum absolute atomic E-state index is 0.188. The molecule has 0 saturated carbocycles. The molecule has 2 fully saturated rings. The van der Waals surface area contributed by atoms with E-state index in [1.165, 1.54) is 29.1 Å². The summed E-state index contributed by atoms with van der Waals surface area (Å²) in [6.45, 7) is 6.44. The van der Waals surface area contributed by atoms with Crippen molar-refractivity contribution in [1.82, 2.24) is 19.3 Å². The van der Waals surface area contributed by atoms with Gasteiger partial charge in [-0.2, -0.15) is 0 Å². The number of rotatable bonds is 6. The number of aryl methyl sites for hydroxylation is 1.